The number of rotatable bonds is 7. The molecule has 0 aliphatic carbocycles. The smallest absolute Gasteiger partial charge is 0.416 e. The van der Waals surface area contributed by atoms with Gasteiger partial charge in [0.15, 0.2) is 17.4 Å². The summed E-state index contributed by atoms with van der Waals surface area (Å²) in [5, 5.41) is 9.91. The first-order valence-corrected chi connectivity index (χ1v) is 12.4. The number of carbonyl (C=O) groups excluding carboxylic acids is 1. The molecule has 9 nitrogen and oxygen atoms in total. The van der Waals surface area contributed by atoms with Gasteiger partial charge in [-0.05, 0) is 73.0 Å². The molecule has 5 aromatic rings. The number of imidazole rings is 1. The van der Waals surface area contributed by atoms with E-state index in [0.29, 0.717) is 33.5 Å². The molecule has 0 bridgehead atoms. The van der Waals surface area contributed by atoms with Gasteiger partial charge in [0.1, 0.15) is 19.5 Å². The van der Waals surface area contributed by atoms with Crippen LogP contribution < -0.4 is 15.7 Å². The minimum atomic E-state index is -4.57. The number of carbonyl (C=O) groups is 1. The number of anilines is 1. The van der Waals surface area contributed by atoms with Crippen LogP contribution in [0.15, 0.2) is 59.7 Å². The minimum absolute atomic E-state index is 0.00822. The molecular weight excluding hydrogens is 544 g/mol. The Labute approximate surface area is 230 Å². The van der Waals surface area contributed by atoms with Gasteiger partial charge in [-0.15, -0.1) is 10.2 Å². The normalized spacial score (nSPS) is 11.7. The van der Waals surface area contributed by atoms with Gasteiger partial charge in [0, 0.05) is 18.3 Å². The maximum Gasteiger partial charge on any atom is 0.416 e. The zero-order valence-corrected chi connectivity index (χ0v) is 22.1. The molecule has 0 saturated heterocycles. The highest BCUT2D eigenvalue weighted by atomic mass is 19.4. The van der Waals surface area contributed by atoms with E-state index < -0.39 is 35.7 Å². The Balaban J connectivity index is 1.48. The van der Waals surface area contributed by atoms with Crippen molar-refractivity contribution in [1.29, 1.82) is 0 Å². The summed E-state index contributed by atoms with van der Waals surface area (Å²) in [5.41, 5.74) is 1.70. The molecule has 212 valence electrons. The van der Waals surface area contributed by atoms with Crippen molar-refractivity contribution in [3.8, 4) is 16.9 Å². The van der Waals surface area contributed by atoms with E-state index in [-0.39, 0.29) is 18.0 Å². The molecule has 41 heavy (non-hydrogen) atoms. The fraction of sp³-hybridized carbons (Fsp3) is 0.214. The van der Waals surface area contributed by atoms with Crippen molar-refractivity contribution in [3.63, 3.8) is 0 Å². The summed E-state index contributed by atoms with van der Waals surface area (Å²) in [7, 11) is 1.53. The number of amides is 1. The topological polar surface area (TPSA) is 107 Å². The molecule has 0 saturated carbocycles. The molecule has 2 aromatic heterocycles. The number of nitrogens with zero attached hydrogens (tertiary/aromatic N) is 4. The van der Waals surface area contributed by atoms with Crippen molar-refractivity contribution in [1.82, 2.24) is 24.3 Å². The van der Waals surface area contributed by atoms with Crippen LogP contribution in [-0.2, 0) is 31.2 Å². The molecule has 0 radical (unpaired) electrons. The molecule has 1 amide bonds. The quantitative estimate of drug-likeness (QED) is 0.265. The lowest BCUT2D eigenvalue weighted by molar-refractivity contribution is -0.137. The molecular formula is C28H24F4N6O3. The number of hydrogen-bond donors (Lipinski definition) is 2. The van der Waals surface area contributed by atoms with Crippen molar-refractivity contribution >= 4 is 22.6 Å². The highest BCUT2D eigenvalue weighted by Crippen LogP contribution is 2.35. The summed E-state index contributed by atoms with van der Waals surface area (Å²) in [6.45, 7) is 3.03. The van der Waals surface area contributed by atoms with E-state index >= 15 is 4.39 Å². The van der Waals surface area contributed by atoms with Gasteiger partial charge >= 0.3 is 11.9 Å². The number of alkyl halides is 3. The standard InChI is InChI=1S/C28H24F4N6O3/c1-15-7-20(17-9-16(2)26(21(29)10-17)41-13-23-33-14-34-36-23)25-22(8-15)38(27(40)37(25)3)12-24(39)35-19-6-4-5-18(11-19)28(30,31)32/h4-11,14H,12-13H2,1-3H3,(H,35,39)(H,33,34,36). The van der Waals surface area contributed by atoms with Gasteiger partial charge in [0.2, 0.25) is 5.91 Å². The lowest BCUT2D eigenvalue weighted by atomic mass is 9.99. The molecule has 0 aliphatic heterocycles. The van der Waals surface area contributed by atoms with Crippen LogP contribution in [-0.4, -0.2) is 30.2 Å². The second kappa shape index (κ2) is 10.6. The molecule has 2 heterocycles. The second-order valence-corrected chi connectivity index (χ2v) is 9.56. The van der Waals surface area contributed by atoms with E-state index in [2.05, 4.69) is 20.5 Å². The van der Waals surface area contributed by atoms with Crippen LogP contribution in [0.4, 0.5) is 23.2 Å². The van der Waals surface area contributed by atoms with Crippen LogP contribution in [0.1, 0.15) is 22.5 Å². The van der Waals surface area contributed by atoms with Gasteiger partial charge in [-0.1, -0.05) is 6.07 Å². The third-order valence-corrected chi connectivity index (χ3v) is 6.51. The van der Waals surface area contributed by atoms with E-state index in [1.165, 1.54) is 40.7 Å². The number of ether oxygens (including phenoxy) is 1. The van der Waals surface area contributed by atoms with Gasteiger partial charge in [0.25, 0.3) is 0 Å². The van der Waals surface area contributed by atoms with Gasteiger partial charge < -0.3 is 15.0 Å². The number of H-pyrrole nitrogens is 1. The van der Waals surface area contributed by atoms with E-state index in [0.717, 1.165) is 17.7 Å². The number of halogens is 4. The molecule has 2 N–H and O–H groups in total. The molecule has 0 unspecified atom stereocenters. The van der Waals surface area contributed by atoms with E-state index in [1.54, 1.807) is 32.0 Å². The molecule has 0 fully saturated rings. The van der Waals surface area contributed by atoms with Crippen molar-refractivity contribution in [2.24, 2.45) is 7.05 Å². The Hall–Kier alpha value is -4.94. The molecule has 3 aromatic carbocycles. The van der Waals surface area contributed by atoms with Crippen molar-refractivity contribution < 1.29 is 27.1 Å². The van der Waals surface area contributed by atoms with Crippen molar-refractivity contribution in [3.05, 3.63) is 93.7 Å². The number of aryl methyl sites for hydroxylation is 3. The minimum Gasteiger partial charge on any atom is -0.482 e. The molecule has 0 atom stereocenters. The summed E-state index contributed by atoms with van der Waals surface area (Å²) in [6.07, 6.45) is -3.18. The number of aromatic amines is 1. The van der Waals surface area contributed by atoms with Crippen LogP contribution in [0.3, 0.4) is 0 Å². The maximum atomic E-state index is 15.2. The highest BCUT2D eigenvalue weighted by molar-refractivity contribution is 5.96. The first kappa shape index (κ1) is 27.6. The Morgan fingerprint density at radius 1 is 1.12 bits per heavy atom. The number of benzene rings is 3. The van der Waals surface area contributed by atoms with Gasteiger partial charge in [0.05, 0.1) is 16.6 Å². The van der Waals surface area contributed by atoms with Crippen molar-refractivity contribution in [2.45, 2.75) is 33.2 Å². The zero-order valence-electron chi connectivity index (χ0n) is 22.1. The lowest BCUT2D eigenvalue weighted by Gasteiger charge is -2.13. The molecule has 5 rings (SSSR count). The maximum absolute atomic E-state index is 15.2. The monoisotopic (exact) mass is 568 g/mol. The number of hydrogen-bond acceptors (Lipinski definition) is 5. The summed E-state index contributed by atoms with van der Waals surface area (Å²) in [5.74, 6) is -0.815. The number of fused-ring (bicyclic) bond motifs is 1. The molecule has 13 heteroatoms. The van der Waals surface area contributed by atoms with Gasteiger partial charge in [-0.2, -0.15) is 13.2 Å². The third kappa shape index (κ3) is 5.55. The Kier molecular flexibility index (Phi) is 7.11. The first-order valence-electron chi connectivity index (χ1n) is 12.4. The summed E-state index contributed by atoms with van der Waals surface area (Å²) in [4.78, 5) is 28.8. The summed E-state index contributed by atoms with van der Waals surface area (Å²) >= 11 is 0. The predicted molar refractivity (Wildman–Crippen MR) is 143 cm³/mol. The summed E-state index contributed by atoms with van der Waals surface area (Å²) < 4.78 is 62.6. The number of nitrogens with one attached hydrogen (secondary N) is 2. The fourth-order valence-corrected chi connectivity index (χ4v) is 4.70. The van der Waals surface area contributed by atoms with Crippen LogP contribution in [0.2, 0.25) is 0 Å². The summed E-state index contributed by atoms with van der Waals surface area (Å²) in [6, 6.07) is 10.8. The molecule has 0 aliphatic rings. The molecule has 0 spiro atoms. The van der Waals surface area contributed by atoms with Crippen LogP contribution >= 0.6 is 0 Å². The zero-order chi connectivity index (χ0) is 29.5. The van der Waals surface area contributed by atoms with Crippen LogP contribution in [0, 0.1) is 19.7 Å². The van der Waals surface area contributed by atoms with Gasteiger partial charge in [-0.25, -0.2) is 9.18 Å². The largest absolute Gasteiger partial charge is 0.482 e. The lowest BCUT2D eigenvalue weighted by Crippen LogP contribution is -2.28. The average Bonchev–Trinajstić information content (AvgIpc) is 3.50. The van der Waals surface area contributed by atoms with E-state index in [1.807, 2.05) is 0 Å². The SMILES string of the molecule is Cc1cc(-c2cc(C)c(OCc3nnc[nH]3)c(F)c2)c2c(c1)n(CC(=O)Nc1cccc(C(F)(F)F)c1)c(=O)n2C. The average molecular weight is 569 g/mol. The van der Waals surface area contributed by atoms with Crippen LogP contribution in [0.5, 0.6) is 5.75 Å². The second-order valence-electron chi connectivity index (χ2n) is 9.56. The highest BCUT2D eigenvalue weighted by Gasteiger charge is 2.30. The van der Waals surface area contributed by atoms with Crippen molar-refractivity contribution in [2.75, 3.05) is 5.32 Å². The Morgan fingerprint density at radius 2 is 1.90 bits per heavy atom. The fourth-order valence-electron chi connectivity index (χ4n) is 4.70. The Morgan fingerprint density at radius 3 is 2.59 bits per heavy atom. The van der Waals surface area contributed by atoms with Crippen LogP contribution in [0.25, 0.3) is 22.2 Å². The van der Waals surface area contributed by atoms with E-state index in [4.69, 9.17) is 4.74 Å². The predicted octanol–water partition coefficient (Wildman–Crippen LogP) is 5.12. The first-order chi connectivity index (χ1) is 19.4. The Bertz CT molecular complexity index is 1800. The van der Waals surface area contributed by atoms with Gasteiger partial charge in [-0.3, -0.25) is 13.9 Å². The third-order valence-electron chi connectivity index (χ3n) is 6.51. The number of aromatic nitrogens is 5. The van der Waals surface area contributed by atoms with E-state index in [9.17, 15) is 22.8 Å².